The first kappa shape index (κ1) is 28.5. The Hall–Kier alpha value is -2.10. The molecule has 0 aliphatic carbocycles. The third-order valence-electron chi connectivity index (χ3n) is 4.05. The zero-order chi connectivity index (χ0) is 26.6. The zero-order valence-corrected chi connectivity index (χ0v) is 20.4. The number of anilines is 1. The zero-order valence-electron chi connectivity index (χ0n) is 17.9. The van der Waals surface area contributed by atoms with Crippen LogP contribution in [0.1, 0.15) is 0 Å². The predicted octanol–water partition coefficient (Wildman–Crippen LogP) is 5.54. The number of hydrogen-bond acceptors (Lipinski definition) is 9. The molecule has 0 amide bonds. The number of benzene rings is 1. The molecule has 3 aromatic rings. The van der Waals surface area contributed by atoms with Crippen LogP contribution in [0.25, 0.3) is 11.2 Å². The van der Waals surface area contributed by atoms with E-state index < -0.39 is 39.5 Å². The Bertz CT molecular complexity index is 1210. The lowest BCUT2D eigenvalue weighted by Crippen LogP contribution is -2.21. The van der Waals surface area contributed by atoms with Crippen LogP contribution in [-0.2, 0) is 24.9 Å². The number of fused-ring (bicyclic) bond motifs is 1. The molecule has 18 heteroatoms. The largest absolute Gasteiger partial charge is 0.412 e. The van der Waals surface area contributed by atoms with Crippen molar-refractivity contribution in [1.82, 2.24) is 19.5 Å². The molecule has 0 bridgehead atoms. The lowest BCUT2D eigenvalue weighted by atomic mass is 10.4. The summed E-state index contributed by atoms with van der Waals surface area (Å²) < 4.78 is 101. The second-order valence-corrected chi connectivity index (χ2v) is 10.5. The Kier molecular flexibility index (Phi) is 9.11. The number of nitrogens with two attached hydrogens (primary N) is 1. The molecule has 0 spiro atoms. The summed E-state index contributed by atoms with van der Waals surface area (Å²) in [5.41, 5.74) is 6.48. The highest BCUT2D eigenvalue weighted by molar-refractivity contribution is 7.99. The molecular formula is C18H17ClF6N5O4PS. The highest BCUT2D eigenvalue weighted by atomic mass is 35.5. The molecule has 0 radical (unpaired) electrons. The molecule has 0 unspecified atom stereocenters. The number of aromatic nitrogens is 4. The topological polar surface area (TPSA) is 114 Å². The standard InChI is InChI=1S/C18H17ClF6N5O4PS/c19-11-1-3-12(4-2-11)36-15-13-14(28-16(26)29-15)30(9-27-13)5-6-32-10-35(31,33-7-17(20,21)22)34-8-18(23,24)25/h1-4,9H,5-8,10H2,(H2,26,28,29). The molecule has 9 nitrogen and oxygen atoms in total. The molecule has 2 N–H and O–H groups in total. The van der Waals surface area contributed by atoms with Gasteiger partial charge in [0.15, 0.2) is 18.9 Å². The van der Waals surface area contributed by atoms with Crippen LogP contribution in [-0.4, -0.2) is 58.0 Å². The Morgan fingerprint density at radius 3 is 2.22 bits per heavy atom. The molecule has 0 aliphatic rings. The van der Waals surface area contributed by atoms with Crippen molar-refractivity contribution in [2.24, 2.45) is 0 Å². The van der Waals surface area contributed by atoms with E-state index in [2.05, 4.69) is 24.0 Å². The number of rotatable bonds is 11. The van der Waals surface area contributed by atoms with Gasteiger partial charge in [-0.25, -0.2) is 9.97 Å². The number of nitrogens with zero attached hydrogens (tertiary/aromatic N) is 4. The summed E-state index contributed by atoms with van der Waals surface area (Å²) in [6.07, 6.45) is -9.64. The normalized spacial score (nSPS) is 13.0. The van der Waals surface area contributed by atoms with Crippen LogP contribution in [0.2, 0.25) is 5.02 Å². The van der Waals surface area contributed by atoms with Crippen LogP contribution in [0.5, 0.6) is 0 Å². The average molecular weight is 580 g/mol. The van der Waals surface area contributed by atoms with Crippen molar-refractivity contribution >= 4 is 48.1 Å². The van der Waals surface area contributed by atoms with Crippen molar-refractivity contribution in [1.29, 1.82) is 0 Å². The number of nitrogen functional groups attached to an aromatic ring is 1. The van der Waals surface area contributed by atoms with Gasteiger partial charge >= 0.3 is 19.9 Å². The van der Waals surface area contributed by atoms with Crippen molar-refractivity contribution in [2.75, 3.05) is 31.9 Å². The van der Waals surface area contributed by atoms with Gasteiger partial charge in [-0.05, 0) is 24.3 Å². The van der Waals surface area contributed by atoms with E-state index in [1.54, 1.807) is 24.3 Å². The lowest BCUT2D eigenvalue weighted by Gasteiger charge is -2.20. The van der Waals surface area contributed by atoms with E-state index in [-0.39, 0.29) is 19.1 Å². The molecule has 0 atom stereocenters. The van der Waals surface area contributed by atoms with Crippen molar-refractivity contribution in [3.05, 3.63) is 35.6 Å². The maximum absolute atomic E-state index is 12.4. The van der Waals surface area contributed by atoms with Gasteiger partial charge in [-0.2, -0.15) is 31.3 Å². The molecule has 0 aliphatic heterocycles. The molecule has 2 heterocycles. The molecule has 36 heavy (non-hydrogen) atoms. The van der Waals surface area contributed by atoms with E-state index >= 15 is 0 Å². The first-order valence-electron chi connectivity index (χ1n) is 9.74. The van der Waals surface area contributed by atoms with Gasteiger partial charge < -0.3 is 15.0 Å². The molecule has 0 saturated carbocycles. The summed E-state index contributed by atoms with van der Waals surface area (Å²) in [5.74, 6) is -0.0627. The van der Waals surface area contributed by atoms with E-state index in [9.17, 15) is 30.9 Å². The fraction of sp³-hybridized carbons (Fsp3) is 0.389. The monoisotopic (exact) mass is 579 g/mol. The van der Waals surface area contributed by atoms with Crippen molar-refractivity contribution < 1.29 is 44.7 Å². The third-order valence-corrected chi connectivity index (χ3v) is 6.83. The summed E-state index contributed by atoms with van der Waals surface area (Å²) in [6.45, 7) is -4.45. The summed E-state index contributed by atoms with van der Waals surface area (Å²) in [6, 6.07) is 6.91. The minimum Gasteiger partial charge on any atom is -0.368 e. The van der Waals surface area contributed by atoms with Gasteiger partial charge in [-0.3, -0.25) is 13.6 Å². The van der Waals surface area contributed by atoms with Gasteiger partial charge in [0.05, 0.1) is 12.9 Å². The fourth-order valence-electron chi connectivity index (χ4n) is 2.58. The first-order chi connectivity index (χ1) is 16.7. The first-order valence-corrected chi connectivity index (χ1v) is 12.7. The maximum Gasteiger partial charge on any atom is 0.412 e. The molecule has 198 valence electrons. The van der Waals surface area contributed by atoms with Crippen LogP contribution >= 0.6 is 31.0 Å². The molecule has 0 fully saturated rings. The van der Waals surface area contributed by atoms with E-state index in [4.69, 9.17) is 22.1 Å². The lowest BCUT2D eigenvalue weighted by molar-refractivity contribution is -0.166. The average Bonchev–Trinajstić information content (AvgIpc) is 3.18. The van der Waals surface area contributed by atoms with Crippen LogP contribution in [0.4, 0.5) is 32.3 Å². The van der Waals surface area contributed by atoms with Crippen LogP contribution in [0.3, 0.4) is 0 Å². The van der Waals surface area contributed by atoms with Gasteiger partial charge in [-0.15, -0.1) is 0 Å². The minimum atomic E-state index is -4.94. The summed E-state index contributed by atoms with van der Waals surface area (Å²) >= 11 is 7.14. The van der Waals surface area contributed by atoms with Gasteiger partial charge in [-0.1, -0.05) is 23.4 Å². The number of ether oxygens (including phenoxy) is 1. The highest BCUT2D eigenvalue weighted by Crippen LogP contribution is 2.50. The van der Waals surface area contributed by atoms with Crippen LogP contribution in [0, 0.1) is 0 Å². The predicted molar refractivity (Wildman–Crippen MR) is 118 cm³/mol. The quantitative estimate of drug-likeness (QED) is 0.135. The van der Waals surface area contributed by atoms with Gasteiger partial charge in [0, 0.05) is 16.5 Å². The second-order valence-electron chi connectivity index (χ2n) is 6.98. The van der Waals surface area contributed by atoms with Gasteiger partial charge in [0.1, 0.15) is 16.9 Å². The van der Waals surface area contributed by atoms with Gasteiger partial charge in [0.2, 0.25) is 5.95 Å². The Balaban J connectivity index is 1.66. The molecule has 3 rings (SSSR count). The Morgan fingerprint density at radius 2 is 1.64 bits per heavy atom. The smallest absolute Gasteiger partial charge is 0.368 e. The maximum atomic E-state index is 12.4. The summed E-state index contributed by atoms with van der Waals surface area (Å²) in [5, 5.41) is 0.984. The summed E-state index contributed by atoms with van der Waals surface area (Å²) in [7, 11) is -4.87. The van der Waals surface area contributed by atoms with E-state index in [0.717, 1.165) is 4.90 Å². The van der Waals surface area contributed by atoms with E-state index in [1.807, 2.05) is 0 Å². The fourth-order valence-corrected chi connectivity index (χ4v) is 4.84. The van der Waals surface area contributed by atoms with Crippen LogP contribution < -0.4 is 5.73 Å². The Labute approximate surface area is 208 Å². The molecule has 2 aromatic heterocycles. The highest BCUT2D eigenvalue weighted by Gasteiger charge is 2.38. The molecule has 0 saturated heterocycles. The summed E-state index contributed by atoms with van der Waals surface area (Å²) in [4.78, 5) is 13.3. The van der Waals surface area contributed by atoms with Crippen molar-refractivity contribution in [3.63, 3.8) is 0 Å². The Morgan fingerprint density at radius 1 is 1.03 bits per heavy atom. The number of imidazole rings is 1. The number of alkyl halides is 6. The van der Waals surface area contributed by atoms with Crippen LogP contribution in [0.15, 0.2) is 40.5 Å². The minimum absolute atomic E-state index is 0.0173. The SMILES string of the molecule is Nc1nc(Sc2ccc(Cl)cc2)c2ncn(CCOCP(=O)(OCC(F)(F)F)OCC(F)(F)F)c2n1. The molecular weight excluding hydrogens is 563 g/mol. The van der Waals surface area contributed by atoms with E-state index in [1.165, 1.54) is 22.7 Å². The number of halogens is 7. The molecule has 1 aromatic carbocycles. The van der Waals surface area contributed by atoms with Crippen molar-refractivity contribution in [3.8, 4) is 0 Å². The second kappa shape index (κ2) is 11.5. The van der Waals surface area contributed by atoms with E-state index in [0.29, 0.717) is 21.2 Å². The third kappa shape index (κ3) is 8.78. The number of hydrogen-bond donors (Lipinski definition) is 1. The van der Waals surface area contributed by atoms with Gasteiger partial charge in [0.25, 0.3) is 0 Å². The van der Waals surface area contributed by atoms with Crippen molar-refractivity contribution in [2.45, 2.75) is 28.8 Å².